The Morgan fingerprint density at radius 2 is 1.95 bits per heavy atom. The molecule has 1 aromatic carbocycles. The lowest BCUT2D eigenvalue weighted by molar-refractivity contribution is 0.0243. The molecule has 0 spiro atoms. The number of hydrogen-bond acceptors (Lipinski definition) is 7. The van der Waals surface area contributed by atoms with Crippen LogP contribution in [0.15, 0.2) is 68.2 Å². The smallest absolute Gasteiger partial charge is 0.214 e. The van der Waals surface area contributed by atoms with Crippen molar-refractivity contribution in [2.45, 2.75) is 66.9 Å². The number of hydrogen-bond donors (Lipinski definition) is 2. The highest BCUT2D eigenvalue weighted by molar-refractivity contribution is 6.30. The number of carbonyl (C=O) groups excluding carboxylic acids is 1. The molecule has 0 fully saturated rings. The molecule has 0 atom stereocenters. The average Bonchev–Trinajstić information content (AvgIpc) is 3.24. The van der Waals surface area contributed by atoms with E-state index in [1.807, 2.05) is 58.0 Å². The number of pyridine rings is 1. The van der Waals surface area contributed by atoms with E-state index in [-0.39, 0.29) is 12.4 Å². The fourth-order valence-electron chi connectivity index (χ4n) is 3.84. The second-order valence-electron chi connectivity index (χ2n) is 10.6. The average molecular weight is 552 g/mol. The van der Waals surface area contributed by atoms with E-state index >= 15 is 0 Å². The van der Waals surface area contributed by atoms with Crippen LogP contribution in [-0.4, -0.2) is 40.5 Å². The zero-order valence-electron chi connectivity index (χ0n) is 23.9. The van der Waals surface area contributed by atoms with E-state index in [0.717, 1.165) is 45.1 Å². The Kier molecular flexibility index (Phi) is 9.75. The van der Waals surface area contributed by atoms with E-state index < -0.39 is 5.60 Å². The highest BCUT2D eigenvalue weighted by Crippen LogP contribution is 2.36. The number of nitrogens with one attached hydrogen (secondary N) is 1. The summed E-state index contributed by atoms with van der Waals surface area (Å²) in [6.07, 6.45) is 3.14. The third-order valence-corrected chi connectivity index (χ3v) is 6.37. The Labute approximate surface area is 235 Å². The molecule has 2 aromatic heterocycles. The SMILES string of the molecule is C=C(C)CNc1c(C(C)=O)oc2ccc3nc(C/C(C)=C/C(=N/C(Cl)=C(\C)CC)OCC(C)(C)O)ccc3c12. The molecule has 2 heterocycles. The van der Waals surface area contributed by atoms with Gasteiger partial charge in [-0.25, -0.2) is 4.99 Å². The van der Waals surface area contributed by atoms with Crippen LogP contribution in [0.25, 0.3) is 21.9 Å². The minimum absolute atomic E-state index is 0.0733. The van der Waals surface area contributed by atoms with E-state index in [9.17, 15) is 9.90 Å². The third-order valence-electron chi connectivity index (χ3n) is 5.96. The van der Waals surface area contributed by atoms with Gasteiger partial charge in [-0.05, 0) is 70.9 Å². The largest absolute Gasteiger partial charge is 0.475 e. The summed E-state index contributed by atoms with van der Waals surface area (Å²) in [4.78, 5) is 21.6. The maximum atomic E-state index is 12.3. The van der Waals surface area contributed by atoms with Gasteiger partial charge in [-0.3, -0.25) is 9.78 Å². The quantitative estimate of drug-likeness (QED) is 0.0832. The van der Waals surface area contributed by atoms with Crippen LogP contribution in [0.3, 0.4) is 0 Å². The lowest BCUT2D eigenvalue weighted by atomic mass is 10.1. The zero-order valence-corrected chi connectivity index (χ0v) is 24.6. The number of rotatable bonds is 11. The standard InChI is InChI=1S/C31H38ClN3O4/c1-9-20(5)30(32)35-26(38-17-31(7,8)37)15-19(4)14-22-10-11-23-24(34-22)12-13-25-27(23)28(33-16-18(2)3)29(39-25)21(6)36/h10-13,15,33,37H,2,9,14,16-17H2,1,3-8H3/b19-15+,30-20+,35-26-. The second-order valence-corrected chi connectivity index (χ2v) is 11.0. The molecule has 7 nitrogen and oxygen atoms in total. The van der Waals surface area contributed by atoms with Gasteiger partial charge in [-0.2, -0.15) is 0 Å². The molecule has 0 bridgehead atoms. The van der Waals surface area contributed by atoms with Crippen molar-refractivity contribution in [1.82, 2.24) is 4.98 Å². The predicted octanol–water partition coefficient (Wildman–Crippen LogP) is 7.73. The molecule has 0 aliphatic carbocycles. The number of fused-ring (bicyclic) bond motifs is 3. The number of nitrogens with zero attached hydrogens (tertiary/aromatic N) is 2. The van der Waals surface area contributed by atoms with E-state index in [1.165, 1.54) is 6.92 Å². The number of halogens is 1. The first-order chi connectivity index (χ1) is 18.3. The minimum atomic E-state index is -1.02. The van der Waals surface area contributed by atoms with Crippen LogP contribution in [0.2, 0.25) is 0 Å². The molecule has 0 unspecified atom stereocenters. The number of benzene rings is 1. The Balaban J connectivity index is 1.98. The van der Waals surface area contributed by atoms with Crippen LogP contribution < -0.4 is 5.32 Å². The number of aliphatic imine (C=N–C) groups is 1. The summed E-state index contributed by atoms with van der Waals surface area (Å²) in [6.45, 7) is 17.2. The van der Waals surface area contributed by atoms with Gasteiger partial charge in [0.25, 0.3) is 0 Å². The summed E-state index contributed by atoms with van der Waals surface area (Å²) >= 11 is 6.38. The summed E-state index contributed by atoms with van der Waals surface area (Å²) < 4.78 is 11.7. The molecule has 3 aromatic rings. The van der Waals surface area contributed by atoms with Gasteiger partial charge in [0.1, 0.15) is 17.3 Å². The van der Waals surface area contributed by atoms with Crippen LogP contribution in [0.1, 0.15) is 71.1 Å². The highest BCUT2D eigenvalue weighted by Gasteiger charge is 2.20. The van der Waals surface area contributed by atoms with Crippen LogP contribution in [0, 0.1) is 0 Å². The molecule has 8 heteroatoms. The molecule has 0 saturated carbocycles. The van der Waals surface area contributed by atoms with Crippen molar-refractivity contribution in [3.05, 3.63) is 70.3 Å². The molecule has 0 aliphatic heterocycles. The number of aliphatic hydroxyl groups is 1. The molecule has 0 radical (unpaired) electrons. The van der Waals surface area contributed by atoms with Gasteiger partial charge in [-0.15, -0.1) is 0 Å². The zero-order chi connectivity index (χ0) is 28.9. The van der Waals surface area contributed by atoms with E-state index in [1.54, 1.807) is 13.8 Å². The number of furan rings is 1. The monoisotopic (exact) mass is 551 g/mol. The first-order valence-electron chi connectivity index (χ1n) is 13.0. The molecule has 0 amide bonds. The fraction of sp³-hybridized carbons (Fsp3) is 0.387. The lowest BCUT2D eigenvalue weighted by Gasteiger charge is -2.18. The molecule has 0 aliphatic rings. The van der Waals surface area contributed by atoms with Crippen LogP contribution >= 0.6 is 11.6 Å². The van der Waals surface area contributed by atoms with Gasteiger partial charge >= 0.3 is 0 Å². The predicted molar refractivity (Wildman–Crippen MR) is 161 cm³/mol. The van der Waals surface area contributed by atoms with Crippen molar-refractivity contribution in [2.75, 3.05) is 18.5 Å². The molecule has 3 rings (SSSR count). The van der Waals surface area contributed by atoms with E-state index in [2.05, 4.69) is 16.9 Å². The normalized spacial score (nSPS) is 13.6. The van der Waals surface area contributed by atoms with Crippen molar-refractivity contribution >= 4 is 50.8 Å². The summed E-state index contributed by atoms with van der Waals surface area (Å²) in [5.41, 5.74) is 4.76. The van der Waals surface area contributed by atoms with E-state index in [4.69, 9.17) is 25.7 Å². The topological polar surface area (TPSA) is 97.0 Å². The van der Waals surface area contributed by atoms with E-state index in [0.29, 0.717) is 41.1 Å². The van der Waals surface area contributed by atoms with Crippen LogP contribution in [0.4, 0.5) is 5.69 Å². The van der Waals surface area contributed by atoms with Crippen molar-refractivity contribution < 1.29 is 19.1 Å². The summed E-state index contributed by atoms with van der Waals surface area (Å²) in [6, 6.07) is 7.70. The Bertz CT molecular complexity index is 1490. The van der Waals surface area contributed by atoms with Crippen LogP contribution in [-0.2, 0) is 11.2 Å². The Hall–Kier alpha value is -3.42. The van der Waals surface area contributed by atoms with Crippen molar-refractivity contribution in [2.24, 2.45) is 4.99 Å². The minimum Gasteiger partial charge on any atom is -0.475 e. The van der Waals surface area contributed by atoms with Crippen molar-refractivity contribution in [3.63, 3.8) is 0 Å². The number of carbonyl (C=O) groups is 1. The van der Waals surface area contributed by atoms with Gasteiger partial charge in [0.2, 0.25) is 5.90 Å². The first kappa shape index (κ1) is 30.1. The number of anilines is 1. The maximum absolute atomic E-state index is 12.3. The molecule has 2 N–H and O–H groups in total. The number of allylic oxidation sites excluding steroid dienone is 2. The Morgan fingerprint density at radius 1 is 1.23 bits per heavy atom. The molecular weight excluding hydrogens is 514 g/mol. The second kappa shape index (κ2) is 12.6. The third kappa shape index (κ3) is 8.04. The van der Waals surface area contributed by atoms with Crippen molar-refractivity contribution in [3.8, 4) is 0 Å². The molecular formula is C31H38ClN3O4. The number of ether oxygens (including phenoxy) is 1. The molecule has 208 valence electrons. The summed E-state index contributed by atoms with van der Waals surface area (Å²) in [5, 5.41) is 15.5. The van der Waals surface area contributed by atoms with Gasteiger partial charge in [0.05, 0.1) is 22.2 Å². The van der Waals surface area contributed by atoms with Crippen LogP contribution in [0.5, 0.6) is 0 Å². The molecule has 39 heavy (non-hydrogen) atoms. The Morgan fingerprint density at radius 3 is 2.56 bits per heavy atom. The first-order valence-corrected chi connectivity index (χ1v) is 13.4. The molecule has 0 saturated heterocycles. The van der Waals surface area contributed by atoms with Crippen molar-refractivity contribution in [1.29, 1.82) is 0 Å². The highest BCUT2D eigenvalue weighted by atomic mass is 35.5. The van der Waals surface area contributed by atoms with Gasteiger partial charge in [-0.1, -0.05) is 42.3 Å². The maximum Gasteiger partial charge on any atom is 0.214 e. The summed E-state index contributed by atoms with van der Waals surface area (Å²) in [7, 11) is 0. The lowest BCUT2D eigenvalue weighted by Crippen LogP contribution is -2.27. The number of ketones is 1. The van der Waals surface area contributed by atoms with Gasteiger partial charge < -0.3 is 19.6 Å². The van der Waals surface area contributed by atoms with Gasteiger partial charge in [0.15, 0.2) is 11.5 Å². The fourth-order valence-corrected chi connectivity index (χ4v) is 4.06. The van der Waals surface area contributed by atoms with Gasteiger partial charge in [0, 0.05) is 31.0 Å². The number of Topliss-reactive ketones (excluding diaryl/α,β-unsaturated/α-hetero) is 1. The number of aromatic nitrogens is 1. The summed E-state index contributed by atoms with van der Waals surface area (Å²) in [5.74, 6) is 0.478.